The van der Waals surface area contributed by atoms with Gasteiger partial charge in [0.2, 0.25) is 29.5 Å². The number of oxazole rings is 1. The first-order chi connectivity index (χ1) is 22.6. The molecule has 1 aromatic heterocycles. The highest BCUT2D eigenvalue weighted by atomic mass is 16.5. The van der Waals surface area contributed by atoms with Crippen LogP contribution in [0.5, 0.6) is 11.5 Å². The second-order valence-electron chi connectivity index (χ2n) is 12.3. The Bertz CT molecular complexity index is 1630. The van der Waals surface area contributed by atoms with Crippen molar-refractivity contribution in [2.75, 3.05) is 32.1 Å². The number of carbonyl (C=O) groups excluding carboxylic acids is 4. The van der Waals surface area contributed by atoms with Crippen LogP contribution in [0.25, 0.3) is 11.5 Å². The molecule has 2 heterocycles. The number of benzene rings is 2. The van der Waals surface area contributed by atoms with Crippen molar-refractivity contribution >= 4 is 29.3 Å². The summed E-state index contributed by atoms with van der Waals surface area (Å²) in [5.74, 6) is 0.195. The number of rotatable bonds is 6. The van der Waals surface area contributed by atoms with Gasteiger partial charge in [-0.05, 0) is 80.0 Å². The van der Waals surface area contributed by atoms with Gasteiger partial charge in [0, 0.05) is 30.6 Å². The third-order valence-corrected chi connectivity index (χ3v) is 8.46. The lowest BCUT2D eigenvalue weighted by molar-refractivity contribution is -0.138. The predicted octanol–water partition coefficient (Wildman–Crippen LogP) is 3.93. The molecule has 0 unspecified atom stereocenters. The Balaban J connectivity index is 1.30. The quantitative estimate of drug-likeness (QED) is 0.365. The van der Waals surface area contributed by atoms with E-state index in [0.717, 1.165) is 19.3 Å². The Kier molecular flexibility index (Phi) is 10.8. The zero-order valence-corrected chi connectivity index (χ0v) is 27.4. The molecule has 12 heteroatoms. The molecule has 1 aliphatic heterocycles. The summed E-state index contributed by atoms with van der Waals surface area (Å²) in [6.07, 6.45) is 3.44. The molecule has 2 aromatic carbocycles. The van der Waals surface area contributed by atoms with E-state index < -0.39 is 11.9 Å². The van der Waals surface area contributed by atoms with E-state index in [2.05, 4.69) is 20.9 Å². The van der Waals surface area contributed by atoms with E-state index in [1.165, 1.54) is 16.0 Å². The van der Waals surface area contributed by atoms with E-state index in [9.17, 15) is 19.2 Å². The molecule has 12 nitrogen and oxygen atoms in total. The lowest BCUT2D eigenvalue weighted by Crippen LogP contribution is -2.52. The van der Waals surface area contributed by atoms with E-state index in [1.807, 2.05) is 38.1 Å². The summed E-state index contributed by atoms with van der Waals surface area (Å²) in [6.45, 7) is 5.68. The number of hydrogen-bond acceptors (Lipinski definition) is 8. The van der Waals surface area contributed by atoms with Gasteiger partial charge in [-0.3, -0.25) is 19.2 Å². The number of ether oxygens (including phenoxy) is 2. The number of aryl methyl sites for hydroxylation is 3. The maximum atomic E-state index is 13.4. The lowest BCUT2D eigenvalue weighted by atomic mass is 10.0. The van der Waals surface area contributed by atoms with Gasteiger partial charge < -0.3 is 34.7 Å². The van der Waals surface area contributed by atoms with Gasteiger partial charge in [-0.15, -0.1) is 0 Å². The van der Waals surface area contributed by atoms with Crippen molar-refractivity contribution in [3.63, 3.8) is 0 Å². The van der Waals surface area contributed by atoms with Gasteiger partial charge in [0.25, 0.3) is 0 Å². The second-order valence-corrected chi connectivity index (χ2v) is 12.3. The van der Waals surface area contributed by atoms with E-state index in [4.69, 9.17) is 13.9 Å². The van der Waals surface area contributed by atoms with Crippen LogP contribution in [0.2, 0.25) is 0 Å². The minimum absolute atomic E-state index is 0.0349. The lowest BCUT2D eigenvalue weighted by Gasteiger charge is -2.26. The molecule has 47 heavy (non-hydrogen) atoms. The molecule has 4 amide bonds. The summed E-state index contributed by atoms with van der Waals surface area (Å²) in [4.78, 5) is 58.6. The molecule has 0 saturated carbocycles. The Morgan fingerprint density at radius 1 is 1.09 bits per heavy atom. The largest absolute Gasteiger partial charge is 0.493 e. The number of methoxy groups -OCH3 is 1. The summed E-state index contributed by atoms with van der Waals surface area (Å²) in [5.41, 5.74) is 4.50. The molecule has 4 bridgehead atoms. The molecule has 0 fully saturated rings. The summed E-state index contributed by atoms with van der Waals surface area (Å²) in [7, 11) is 1.54. The van der Waals surface area contributed by atoms with E-state index in [0.29, 0.717) is 46.5 Å². The maximum Gasteiger partial charge on any atom is 0.243 e. The highest BCUT2D eigenvalue weighted by Crippen LogP contribution is 2.33. The van der Waals surface area contributed by atoms with Crippen molar-refractivity contribution < 1.29 is 33.1 Å². The van der Waals surface area contributed by atoms with Crippen LogP contribution in [0.1, 0.15) is 62.1 Å². The average Bonchev–Trinajstić information content (AvgIpc) is 3.67. The van der Waals surface area contributed by atoms with Crippen LogP contribution in [-0.4, -0.2) is 66.4 Å². The first-order valence-electron chi connectivity index (χ1n) is 16.1. The highest BCUT2D eigenvalue weighted by molar-refractivity contribution is 5.94. The van der Waals surface area contributed by atoms with Crippen molar-refractivity contribution in [2.24, 2.45) is 5.92 Å². The zero-order chi connectivity index (χ0) is 33.5. The Hall–Kier alpha value is -4.87. The molecular weight excluding hydrogens is 602 g/mol. The van der Waals surface area contributed by atoms with Gasteiger partial charge >= 0.3 is 0 Å². The number of anilines is 1. The van der Waals surface area contributed by atoms with Crippen LogP contribution >= 0.6 is 0 Å². The fourth-order valence-corrected chi connectivity index (χ4v) is 5.83. The van der Waals surface area contributed by atoms with E-state index in [-0.39, 0.29) is 62.7 Å². The van der Waals surface area contributed by atoms with E-state index >= 15 is 0 Å². The third-order valence-electron chi connectivity index (χ3n) is 8.46. The average molecular weight is 646 g/mol. The number of nitrogens with one attached hydrogen (secondary N) is 3. The van der Waals surface area contributed by atoms with Crippen LogP contribution in [-0.2, 0) is 38.6 Å². The molecular formula is C35H43N5O7. The monoisotopic (exact) mass is 645 g/mol. The van der Waals surface area contributed by atoms with Gasteiger partial charge in [-0.25, -0.2) is 4.98 Å². The Labute approximate surface area is 274 Å². The fraction of sp³-hybridized carbons (Fsp3) is 0.457. The van der Waals surface area contributed by atoms with Gasteiger partial charge in [-0.2, -0.15) is 0 Å². The molecule has 2 aliphatic rings. The summed E-state index contributed by atoms with van der Waals surface area (Å²) in [5, 5.41) is 8.54. The zero-order valence-electron chi connectivity index (χ0n) is 27.4. The number of hydrogen-bond donors (Lipinski definition) is 3. The molecule has 0 radical (unpaired) electrons. The van der Waals surface area contributed by atoms with Crippen molar-refractivity contribution in [1.29, 1.82) is 0 Å². The first-order valence-corrected chi connectivity index (χ1v) is 16.1. The van der Waals surface area contributed by atoms with Crippen LogP contribution in [0.3, 0.4) is 0 Å². The standard InChI is InChI=1S/C35H43N5O7/c1-21(2)33-34(44)36-19-27-22(3)47-35(38-27)25-10-12-28(45-4)29(18-25)46-16-6-15-40(20-31(42)39-33)32(43)14-13-30(41)37-26-11-9-23-7-5-8-24(23)17-26/h9-12,17-18,21,33H,5-8,13-16,19-20H2,1-4H3,(H,36,44)(H,37,41)(H,39,42)/t33-/m0/s1. The van der Waals surface area contributed by atoms with Crippen molar-refractivity contribution in [2.45, 2.75) is 71.9 Å². The first kappa shape index (κ1) is 33.5. The van der Waals surface area contributed by atoms with Crippen LogP contribution in [0.4, 0.5) is 5.69 Å². The molecule has 0 saturated heterocycles. The smallest absolute Gasteiger partial charge is 0.243 e. The van der Waals surface area contributed by atoms with Crippen molar-refractivity contribution in [1.82, 2.24) is 20.5 Å². The van der Waals surface area contributed by atoms with E-state index in [1.54, 1.807) is 26.2 Å². The highest BCUT2D eigenvalue weighted by Gasteiger charge is 2.27. The third kappa shape index (κ3) is 8.49. The Morgan fingerprint density at radius 3 is 2.68 bits per heavy atom. The van der Waals surface area contributed by atoms with Crippen LogP contribution < -0.4 is 25.4 Å². The van der Waals surface area contributed by atoms with Gasteiger partial charge in [-0.1, -0.05) is 19.9 Å². The van der Waals surface area contributed by atoms with Crippen molar-refractivity contribution in [3.8, 4) is 23.0 Å². The van der Waals surface area contributed by atoms with Crippen molar-refractivity contribution in [3.05, 3.63) is 59.0 Å². The minimum Gasteiger partial charge on any atom is -0.493 e. The molecule has 250 valence electrons. The number of aromatic nitrogens is 1. The number of carbonyl (C=O) groups is 4. The molecule has 1 aliphatic carbocycles. The Morgan fingerprint density at radius 2 is 1.89 bits per heavy atom. The molecule has 1 atom stereocenters. The molecule has 0 spiro atoms. The molecule has 3 aromatic rings. The van der Waals surface area contributed by atoms with Crippen LogP contribution in [0.15, 0.2) is 40.8 Å². The SMILES string of the molecule is COc1ccc2cc1OCCCN(C(=O)CCC(=O)Nc1ccc3c(c1)CCC3)CC(=O)N[C@@H](C(C)C)C(=O)NCc1nc-2oc1C. The summed E-state index contributed by atoms with van der Waals surface area (Å²) >= 11 is 0. The van der Waals surface area contributed by atoms with Crippen LogP contribution in [0, 0.1) is 12.8 Å². The number of fused-ring (bicyclic) bond motifs is 6. The topological polar surface area (TPSA) is 152 Å². The number of nitrogens with zero attached hydrogens (tertiary/aromatic N) is 2. The maximum absolute atomic E-state index is 13.4. The molecule has 3 N–H and O–H groups in total. The predicted molar refractivity (Wildman–Crippen MR) is 175 cm³/mol. The summed E-state index contributed by atoms with van der Waals surface area (Å²) in [6, 6.07) is 10.4. The number of amides is 4. The molecule has 5 rings (SSSR count). The second kappa shape index (κ2) is 15.1. The minimum atomic E-state index is -0.837. The van der Waals surface area contributed by atoms with Gasteiger partial charge in [0.1, 0.15) is 17.5 Å². The normalized spacial score (nSPS) is 17.1. The fourth-order valence-electron chi connectivity index (χ4n) is 5.83. The van der Waals surface area contributed by atoms with Gasteiger partial charge in [0.05, 0.1) is 26.8 Å². The summed E-state index contributed by atoms with van der Waals surface area (Å²) < 4.78 is 17.4. The van der Waals surface area contributed by atoms with Gasteiger partial charge in [0.15, 0.2) is 11.5 Å².